The van der Waals surface area contributed by atoms with E-state index in [-0.39, 0.29) is 6.61 Å². The van der Waals surface area contributed by atoms with Gasteiger partial charge in [0.05, 0.1) is 6.61 Å². The summed E-state index contributed by atoms with van der Waals surface area (Å²) in [5.74, 6) is 0.309. The van der Waals surface area contributed by atoms with Crippen molar-refractivity contribution in [3.63, 3.8) is 0 Å². The van der Waals surface area contributed by atoms with Gasteiger partial charge in [-0.1, -0.05) is 52.0 Å². The Kier molecular flexibility index (Phi) is 6.52. The second-order valence-corrected chi connectivity index (χ2v) is 8.24. The van der Waals surface area contributed by atoms with E-state index in [2.05, 4.69) is 18.7 Å². The normalized spacial score (nSPS) is 11.3. The summed E-state index contributed by atoms with van der Waals surface area (Å²) in [4.78, 5) is 3.38. The van der Waals surface area contributed by atoms with Gasteiger partial charge in [-0.3, -0.25) is 4.90 Å². The molecule has 0 unspecified atom stereocenters. The fourth-order valence-corrected chi connectivity index (χ4v) is 5.02. The maximum atomic E-state index is 10.1. The maximum Gasteiger partial charge on any atom is 0.120 e. The van der Waals surface area contributed by atoms with Gasteiger partial charge in [-0.2, -0.15) is 0 Å². The molecule has 0 spiro atoms. The van der Waals surface area contributed by atoms with Gasteiger partial charge in [0.15, 0.2) is 0 Å². The Morgan fingerprint density at radius 3 is 2.64 bits per heavy atom. The van der Waals surface area contributed by atoms with Crippen LogP contribution in [0.15, 0.2) is 18.2 Å². The minimum absolute atomic E-state index is 0.128. The first kappa shape index (κ1) is 17.6. The van der Waals surface area contributed by atoms with Crippen molar-refractivity contribution in [1.82, 2.24) is 4.90 Å². The third kappa shape index (κ3) is 4.36. The summed E-state index contributed by atoms with van der Waals surface area (Å²) in [6, 6.07) is 5.76. The molecule has 0 atom stereocenters. The number of aromatic hydroxyl groups is 1. The summed E-state index contributed by atoms with van der Waals surface area (Å²) >= 11 is 5.40. The van der Waals surface area contributed by atoms with E-state index in [1.807, 2.05) is 12.1 Å². The molecule has 2 aromatic rings. The maximum absolute atomic E-state index is 10.1. The molecule has 0 aliphatic rings. The second kappa shape index (κ2) is 8.17. The SMILES string of the molecule is CCN(CCO)Cc1cc(Cc2c(C)ssc2=S)ccc1O. The third-order valence-electron chi connectivity index (χ3n) is 3.70. The first-order chi connectivity index (χ1) is 10.5. The first-order valence-electron chi connectivity index (χ1n) is 7.27. The molecule has 120 valence electrons. The van der Waals surface area contributed by atoms with Crippen LogP contribution in [-0.4, -0.2) is 34.8 Å². The van der Waals surface area contributed by atoms with Gasteiger partial charge in [0.1, 0.15) is 9.57 Å². The highest BCUT2D eigenvalue weighted by molar-refractivity contribution is 7.79. The number of hydrogen-bond donors (Lipinski definition) is 2. The molecule has 0 radical (unpaired) electrons. The molecule has 0 aliphatic carbocycles. The molecule has 22 heavy (non-hydrogen) atoms. The predicted octanol–water partition coefficient (Wildman–Crippen LogP) is 3.96. The van der Waals surface area contributed by atoms with Gasteiger partial charge in [-0.25, -0.2) is 0 Å². The lowest BCUT2D eigenvalue weighted by Crippen LogP contribution is -2.26. The Morgan fingerprint density at radius 1 is 1.27 bits per heavy atom. The number of likely N-dealkylation sites (N-methyl/N-ethyl adjacent to an activating group) is 1. The lowest BCUT2D eigenvalue weighted by Gasteiger charge is -2.20. The van der Waals surface area contributed by atoms with Gasteiger partial charge in [0, 0.05) is 30.0 Å². The second-order valence-electron chi connectivity index (χ2n) is 5.22. The number of aryl methyl sites for hydroxylation is 1. The smallest absolute Gasteiger partial charge is 0.120 e. The lowest BCUT2D eigenvalue weighted by atomic mass is 10.0. The highest BCUT2D eigenvalue weighted by atomic mass is 32.9. The van der Waals surface area contributed by atoms with Crippen LogP contribution >= 0.6 is 32.9 Å². The number of aliphatic hydroxyl groups is 1. The molecule has 0 aliphatic heterocycles. The zero-order valence-electron chi connectivity index (χ0n) is 12.8. The van der Waals surface area contributed by atoms with Crippen LogP contribution in [0, 0.1) is 10.7 Å². The van der Waals surface area contributed by atoms with Crippen molar-refractivity contribution >= 4 is 32.9 Å². The molecule has 3 nitrogen and oxygen atoms in total. The number of nitrogens with zero attached hydrogens (tertiary/aromatic N) is 1. The fourth-order valence-electron chi connectivity index (χ4n) is 2.35. The van der Waals surface area contributed by atoms with Crippen molar-refractivity contribution in [2.45, 2.75) is 26.8 Å². The van der Waals surface area contributed by atoms with E-state index < -0.39 is 0 Å². The molecule has 6 heteroatoms. The molecule has 0 bridgehead atoms. The largest absolute Gasteiger partial charge is 0.508 e. The van der Waals surface area contributed by atoms with Gasteiger partial charge in [-0.15, -0.1) is 0 Å². The van der Waals surface area contributed by atoms with Crippen molar-refractivity contribution in [3.05, 3.63) is 43.6 Å². The number of benzene rings is 1. The number of phenols is 1. The van der Waals surface area contributed by atoms with Gasteiger partial charge in [-0.05, 0) is 30.7 Å². The van der Waals surface area contributed by atoms with E-state index in [9.17, 15) is 5.11 Å². The predicted molar refractivity (Wildman–Crippen MR) is 96.7 cm³/mol. The average molecular weight is 356 g/mol. The van der Waals surface area contributed by atoms with Gasteiger partial charge in [0.2, 0.25) is 0 Å². The Morgan fingerprint density at radius 2 is 2.05 bits per heavy atom. The molecule has 0 fully saturated rings. The zero-order valence-corrected chi connectivity index (χ0v) is 15.3. The van der Waals surface area contributed by atoms with Crippen LogP contribution in [0.25, 0.3) is 0 Å². The minimum atomic E-state index is 0.128. The fraction of sp³-hybridized carbons (Fsp3) is 0.438. The Labute approximate surface area is 143 Å². The highest BCUT2D eigenvalue weighted by Crippen LogP contribution is 2.28. The molecule has 0 amide bonds. The van der Waals surface area contributed by atoms with Crippen molar-refractivity contribution in [3.8, 4) is 5.75 Å². The Hall–Kier alpha value is -0.790. The third-order valence-corrected chi connectivity index (χ3v) is 6.99. The van der Waals surface area contributed by atoms with Crippen LogP contribution in [0.5, 0.6) is 5.75 Å². The zero-order chi connectivity index (χ0) is 16.1. The van der Waals surface area contributed by atoms with E-state index in [1.54, 1.807) is 26.7 Å². The molecule has 0 saturated carbocycles. The summed E-state index contributed by atoms with van der Waals surface area (Å²) in [6.07, 6.45) is 0.810. The van der Waals surface area contributed by atoms with Crippen LogP contribution in [0.1, 0.15) is 28.5 Å². The van der Waals surface area contributed by atoms with E-state index in [4.69, 9.17) is 17.3 Å². The van der Waals surface area contributed by atoms with Crippen LogP contribution in [-0.2, 0) is 13.0 Å². The van der Waals surface area contributed by atoms with Crippen molar-refractivity contribution in [2.75, 3.05) is 19.7 Å². The van der Waals surface area contributed by atoms with Crippen molar-refractivity contribution < 1.29 is 10.2 Å². The summed E-state index contributed by atoms with van der Waals surface area (Å²) in [5, 5.41) is 19.2. The number of rotatable bonds is 7. The standard InChI is InChI=1S/C16H21NO2S3/c1-3-17(6-7-18)10-13-8-12(4-5-15(13)19)9-14-11(2)21-22-16(14)20/h4-5,8,18-19H,3,6-7,9-10H2,1-2H3. The lowest BCUT2D eigenvalue weighted by molar-refractivity contribution is 0.195. The van der Waals surface area contributed by atoms with Crippen LogP contribution in [0.4, 0.5) is 0 Å². The topological polar surface area (TPSA) is 43.7 Å². The highest BCUT2D eigenvalue weighted by Gasteiger charge is 2.10. The van der Waals surface area contributed by atoms with E-state index in [1.165, 1.54) is 10.4 Å². The summed E-state index contributed by atoms with van der Waals surface area (Å²) in [5.41, 5.74) is 3.28. The Balaban J connectivity index is 2.21. The summed E-state index contributed by atoms with van der Waals surface area (Å²) < 4.78 is 0.965. The van der Waals surface area contributed by atoms with Crippen molar-refractivity contribution in [2.24, 2.45) is 0 Å². The Bertz CT molecular complexity index is 678. The molecular formula is C16H21NO2S3. The quantitative estimate of drug-likeness (QED) is 0.583. The first-order valence-corrected chi connectivity index (χ1v) is 9.83. The van der Waals surface area contributed by atoms with Crippen LogP contribution in [0.3, 0.4) is 0 Å². The number of phenolic OH excluding ortho intramolecular Hbond substituents is 1. The number of hydrogen-bond acceptors (Lipinski definition) is 6. The van der Waals surface area contributed by atoms with Crippen molar-refractivity contribution in [1.29, 1.82) is 0 Å². The molecule has 1 aromatic carbocycles. The number of aliphatic hydroxyl groups excluding tert-OH is 1. The monoisotopic (exact) mass is 355 g/mol. The molecule has 0 saturated heterocycles. The molecule has 2 N–H and O–H groups in total. The van der Waals surface area contributed by atoms with E-state index >= 15 is 0 Å². The van der Waals surface area contributed by atoms with E-state index in [0.717, 1.165) is 27.9 Å². The summed E-state index contributed by atoms with van der Waals surface area (Å²) in [7, 11) is 3.38. The van der Waals surface area contributed by atoms with Crippen LogP contribution in [0.2, 0.25) is 0 Å². The van der Waals surface area contributed by atoms with Gasteiger partial charge < -0.3 is 10.2 Å². The molecule has 1 heterocycles. The van der Waals surface area contributed by atoms with E-state index in [0.29, 0.717) is 18.8 Å². The molecular weight excluding hydrogens is 334 g/mol. The minimum Gasteiger partial charge on any atom is -0.508 e. The molecule has 1 aromatic heterocycles. The van der Waals surface area contributed by atoms with Crippen LogP contribution < -0.4 is 0 Å². The van der Waals surface area contributed by atoms with Gasteiger partial charge >= 0.3 is 0 Å². The molecule has 2 rings (SSSR count). The average Bonchev–Trinajstić information content (AvgIpc) is 2.81. The summed E-state index contributed by atoms with van der Waals surface area (Å²) in [6.45, 7) is 6.38. The van der Waals surface area contributed by atoms with Gasteiger partial charge in [0.25, 0.3) is 0 Å².